The predicted octanol–water partition coefficient (Wildman–Crippen LogP) is 4.36. The molecule has 5 nitrogen and oxygen atoms in total. The molecule has 5 heteroatoms. The Balaban J connectivity index is 2.19. The van der Waals surface area contributed by atoms with Gasteiger partial charge in [0.05, 0.1) is 24.9 Å². The minimum absolute atomic E-state index is 0.402. The molecule has 0 spiro atoms. The van der Waals surface area contributed by atoms with E-state index in [1.165, 1.54) is 0 Å². The van der Waals surface area contributed by atoms with Gasteiger partial charge in [-0.05, 0) is 49.6 Å². The number of ether oxygens (including phenoxy) is 1. The number of hydrogen-bond donors (Lipinski definition) is 1. The van der Waals surface area contributed by atoms with Crippen molar-refractivity contribution in [2.24, 2.45) is 5.73 Å². The second kappa shape index (κ2) is 8.74. The molecule has 0 aliphatic heterocycles. The SMILES string of the molecule is CCCCc1c(-c2ccc(OC)cc2)c(C(N)=O)c(C)n1Cc1ccccn1. The van der Waals surface area contributed by atoms with Crippen LogP contribution in [0.25, 0.3) is 11.1 Å². The van der Waals surface area contributed by atoms with E-state index in [2.05, 4.69) is 16.5 Å². The molecular formula is C23H27N3O2. The number of methoxy groups -OCH3 is 1. The Morgan fingerprint density at radius 1 is 1.18 bits per heavy atom. The van der Waals surface area contributed by atoms with E-state index < -0.39 is 5.91 Å². The number of benzene rings is 1. The van der Waals surface area contributed by atoms with Crippen LogP contribution in [0.3, 0.4) is 0 Å². The first-order chi connectivity index (χ1) is 13.6. The summed E-state index contributed by atoms with van der Waals surface area (Å²) in [5.74, 6) is 0.380. The number of aromatic nitrogens is 2. The molecule has 3 aromatic rings. The van der Waals surface area contributed by atoms with Crippen molar-refractivity contribution >= 4 is 5.91 Å². The van der Waals surface area contributed by atoms with Crippen molar-refractivity contribution in [3.63, 3.8) is 0 Å². The Kier molecular flexibility index (Phi) is 6.14. The summed E-state index contributed by atoms with van der Waals surface area (Å²) in [6.07, 6.45) is 4.77. The topological polar surface area (TPSA) is 70.1 Å². The molecule has 0 unspecified atom stereocenters. The Morgan fingerprint density at radius 2 is 1.93 bits per heavy atom. The smallest absolute Gasteiger partial charge is 0.251 e. The first kappa shape index (κ1) is 19.7. The Hall–Kier alpha value is -3.08. The van der Waals surface area contributed by atoms with Crippen molar-refractivity contribution in [2.75, 3.05) is 7.11 Å². The summed E-state index contributed by atoms with van der Waals surface area (Å²) in [6, 6.07) is 13.7. The second-order valence-corrected chi connectivity index (χ2v) is 6.89. The molecule has 0 saturated heterocycles. The fourth-order valence-corrected chi connectivity index (χ4v) is 3.64. The molecule has 3 rings (SSSR count). The van der Waals surface area contributed by atoms with Gasteiger partial charge in [-0.25, -0.2) is 0 Å². The van der Waals surface area contributed by atoms with Crippen molar-refractivity contribution < 1.29 is 9.53 Å². The van der Waals surface area contributed by atoms with Gasteiger partial charge in [-0.15, -0.1) is 0 Å². The lowest BCUT2D eigenvalue weighted by Gasteiger charge is -2.13. The van der Waals surface area contributed by atoms with Gasteiger partial charge in [0, 0.05) is 23.1 Å². The van der Waals surface area contributed by atoms with E-state index in [4.69, 9.17) is 10.5 Å². The van der Waals surface area contributed by atoms with Crippen molar-refractivity contribution in [3.8, 4) is 16.9 Å². The molecular weight excluding hydrogens is 350 g/mol. The Morgan fingerprint density at radius 3 is 2.50 bits per heavy atom. The fourth-order valence-electron chi connectivity index (χ4n) is 3.64. The van der Waals surface area contributed by atoms with Gasteiger partial charge in [0.1, 0.15) is 5.75 Å². The molecule has 0 radical (unpaired) electrons. The lowest BCUT2D eigenvalue weighted by Crippen LogP contribution is -2.14. The summed E-state index contributed by atoms with van der Waals surface area (Å²) in [5, 5.41) is 0. The third-order valence-corrected chi connectivity index (χ3v) is 5.07. The maximum absolute atomic E-state index is 12.4. The average molecular weight is 377 g/mol. The highest BCUT2D eigenvalue weighted by atomic mass is 16.5. The van der Waals surface area contributed by atoms with Crippen LogP contribution in [0.2, 0.25) is 0 Å². The van der Waals surface area contributed by atoms with E-state index in [1.807, 2.05) is 49.4 Å². The van der Waals surface area contributed by atoms with Crippen molar-refractivity contribution in [3.05, 3.63) is 71.3 Å². The molecule has 0 bridgehead atoms. The zero-order valence-electron chi connectivity index (χ0n) is 16.7. The van der Waals surface area contributed by atoms with E-state index in [9.17, 15) is 4.79 Å². The Bertz CT molecular complexity index is 944. The maximum Gasteiger partial charge on any atom is 0.251 e. The van der Waals surface area contributed by atoms with Gasteiger partial charge < -0.3 is 15.0 Å². The highest BCUT2D eigenvalue weighted by molar-refractivity contribution is 6.02. The molecule has 0 fully saturated rings. The van der Waals surface area contributed by atoms with Crippen molar-refractivity contribution in [2.45, 2.75) is 39.7 Å². The van der Waals surface area contributed by atoms with E-state index in [1.54, 1.807) is 13.3 Å². The van der Waals surface area contributed by atoms with E-state index in [-0.39, 0.29) is 0 Å². The molecule has 28 heavy (non-hydrogen) atoms. The number of nitrogens with two attached hydrogens (primary N) is 1. The number of rotatable bonds is 8. The number of amides is 1. The summed E-state index contributed by atoms with van der Waals surface area (Å²) in [4.78, 5) is 16.9. The quantitative estimate of drug-likeness (QED) is 0.634. The van der Waals surface area contributed by atoms with Crippen LogP contribution in [0.4, 0.5) is 0 Å². The van der Waals surface area contributed by atoms with Gasteiger partial charge in [0.25, 0.3) is 5.91 Å². The van der Waals surface area contributed by atoms with Crippen LogP contribution in [-0.4, -0.2) is 22.6 Å². The summed E-state index contributed by atoms with van der Waals surface area (Å²) in [6.45, 7) is 4.74. The molecule has 0 saturated carbocycles. The van der Waals surface area contributed by atoms with Crippen LogP contribution in [0, 0.1) is 6.92 Å². The monoisotopic (exact) mass is 377 g/mol. The van der Waals surface area contributed by atoms with Gasteiger partial charge in [0.2, 0.25) is 0 Å². The fraction of sp³-hybridized carbons (Fsp3) is 0.304. The lowest BCUT2D eigenvalue weighted by atomic mass is 9.97. The van der Waals surface area contributed by atoms with Gasteiger partial charge in [-0.1, -0.05) is 31.5 Å². The summed E-state index contributed by atoms with van der Waals surface area (Å²) in [5.41, 5.74) is 11.3. The predicted molar refractivity (Wildman–Crippen MR) is 112 cm³/mol. The lowest BCUT2D eigenvalue weighted by molar-refractivity contribution is 0.1000. The number of unbranched alkanes of at least 4 members (excludes halogenated alkanes) is 1. The second-order valence-electron chi connectivity index (χ2n) is 6.89. The molecule has 2 heterocycles. The molecule has 0 aliphatic carbocycles. The minimum Gasteiger partial charge on any atom is -0.497 e. The molecule has 0 atom stereocenters. The van der Waals surface area contributed by atoms with E-state index in [0.29, 0.717) is 12.1 Å². The zero-order chi connectivity index (χ0) is 20.1. The zero-order valence-corrected chi connectivity index (χ0v) is 16.7. The molecule has 0 aliphatic rings. The molecule has 1 amide bonds. The highest BCUT2D eigenvalue weighted by Gasteiger charge is 2.24. The van der Waals surface area contributed by atoms with Crippen LogP contribution in [0.1, 0.15) is 47.2 Å². The number of pyridine rings is 1. The molecule has 2 aromatic heterocycles. The number of carbonyl (C=O) groups is 1. The molecule has 146 valence electrons. The normalized spacial score (nSPS) is 10.8. The number of carbonyl (C=O) groups excluding carboxylic acids is 1. The van der Waals surface area contributed by atoms with Gasteiger partial charge in [0.15, 0.2) is 0 Å². The number of hydrogen-bond acceptors (Lipinski definition) is 3. The molecule has 1 aromatic carbocycles. The number of primary amides is 1. The highest BCUT2D eigenvalue weighted by Crippen LogP contribution is 2.35. The van der Waals surface area contributed by atoms with E-state index in [0.717, 1.165) is 53.2 Å². The van der Waals surface area contributed by atoms with Crippen LogP contribution in [0.5, 0.6) is 5.75 Å². The standard InChI is InChI=1S/C23H27N3O2/c1-4-5-9-20-22(17-10-12-19(28-3)13-11-17)21(23(24)27)16(2)26(20)15-18-8-6-7-14-25-18/h6-8,10-14H,4-5,9,15H2,1-3H3,(H2,24,27). The molecule has 2 N–H and O–H groups in total. The third kappa shape index (κ3) is 3.93. The summed E-state index contributed by atoms with van der Waals surface area (Å²) >= 11 is 0. The van der Waals surface area contributed by atoms with E-state index >= 15 is 0 Å². The summed E-state index contributed by atoms with van der Waals surface area (Å²) < 4.78 is 7.47. The van der Waals surface area contributed by atoms with Crippen LogP contribution in [0.15, 0.2) is 48.7 Å². The first-order valence-corrected chi connectivity index (χ1v) is 9.62. The third-order valence-electron chi connectivity index (χ3n) is 5.07. The van der Waals surface area contributed by atoms with Gasteiger partial charge in [-0.2, -0.15) is 0 Å². The van der Waals surface area contributed by atoms with Gasteiger partial charge >= 0.3 is 0 Å². The van der Waals surface area contributed by atoms with Crippen LogP contribution < -0.4 is 10.5 Å². The van der Waals surface area contributed by atoms with Crippen LogP contribution in [-0.2, 0) is 13.0 Å². The van der Waals surface area contributed by atoms with Crippen molar-refractivity contribution in [1.82, 2.24) is 9.55 Å². The Labute approximate surface area is 166 Å². The first-order valence-electron chi connectivity index (χ1n) is 9.62. The summed E-state index contributed by atoms with van der Waals surface area (Å²) in [7, 11) is 1.64. The maximum atomic E-state index is 12.4. The van der Waals surface area contributed by atoms with Gasteiger partial charge in [-0.3, -0.25) is 9.78 Å². The number of nitrogens with zero attached hydrogens (tertiary/aromatic N) is 2. The average Bonchev–Trinajstić information content (AvgIpc) is 2.99. The van der Waals surface area contributed by atoms with Crippen LogP contribution >= 0.6 is 0 Å². The van der Waals surface area contributed by atoms with Crippen molar-refractivity contribution in [1.29, 1.82) is 0 Å². The largest absolute Gasteiger partial charge is 0.497 e. The minimum atomic E-state index is -0.402.